The highest BCUT2D eigenvalue weighted by Crippen LogP contribution is 2.25. The monoisotopic (exact) mass is 378 g/mol. The number of hydrogen-bond donors (Lipinski definition) is 1. The van der Waals surface area contributed by atoms with E-state index in [1.807, 2.05) is 41.6 Å². The van der Waals surface area contributed by atoms with Crippen LogP contribution >= 0.6 is 0 Å². The Labute approximate surface area is 164 Å². The normalized spacial score (nSPS) is 21.2. The van der Waals surface area contributed by atoms with Gasteiger partial charge >= 0.3 is 0 Å². The smallest absolute Gasteiger partial charge is 0.274 e. The van der Waals surface area contributed by atoms with Crippen molar-refractivity contribution in [1.29, 1.82) is 0 Å². The largest absolute Gasteiger partial charge is 0.334 e. The number of piperidine rings is 1. The number of amides is 1. The number of nitrogens with zero attached hydrogens (tertiary/aromatic N) is 5. The average molecular weight is 378 g/mol. The van der Waals surface area contributed by atoms with Crippen LogP contribution in [0.4, 0.5) is 0 Å². The lowest BCUT2D eigenvalue weighted by Gasteiger charge is -2.49. The molecule has 0 bridgehead atoms. The molecule has 0 saturated carbocycles. The maximum atomic E-state index is 12.8. The van der Waals surface area contributed by atoms with Crippen molar-refractivity contribution >= 4 is 16.9 Å². The van der Waals surface area contributed by atoms with Gasteiger partial charge in [-0.1, -0.05) is 18.6 Å². The summed E-state index contributed by atoms with van der Waals surface area (Å²) in [5, 5.41) is 7.29. The molecule has 7 heteroatoms. The minimum absolute atomic E-state index is 0.0268. The van der Waals surface area contributed by atoms with E-state index >= 15 is 0 Å². The van der Waals surface area contributed by atoms with E-state index in [2.05, 4.69) is 31.6 Å². The molecule has 5 rings (SSSR count). The summed E-state index contributed by atoms with van der Waals surface area (Å²) in [6, 6.07) is 11.1. The molecule has 0 unspecified atom stereocenters. The molecule has 2 aliphatic rings. The van der Waals surface area contributed by atoms with Crippen molar-refractivity contribution in [2.75, 3.05) is 19.6 Å². The van der Waals surface area contributed by atoms with Gasteiger partial charge in [0.1, 0.15) is 5.69 Å². The maximum Gasteiger partial charge on any atom is 0.274 e. The molecule has 1 N–H and O–H groups in total. The second-order valence-electron chi connectivity index (χ2n) is 8.09. The summed E-state index contributed by atoms with van der Waals surface area (Å²) in [5.74, 6) is 0.0268. The van der Waals surface area contributed by atoms with Gasteiger partial charge in [0, 0.05) is 25.2 Å². The fourth-order valence-corrected chi connectivity index (χ4v) is 4.53. The fraction of sp³-hybridized carbons (Fsp3) is 0.476. The van der Waals surface area contributed by atoms with E-state index in [0.717, 1.165) is 29.8 Å². The number of aromatic amines is 1. The molecule has 146 valence electrons. The van der Waals surface area contributed by atoms with Gasteiger partial charge in [-0.15, -0.1) is 0 Å². The maximum absolute atomic E-state index is 12.8. The highest BCUT2D eigenvalue weighted by Gasteiger charge is 2.38. The summed E-state index contributed by atoms with van der Waals surface area (Å²) >= 11 is 0. The zero-order chi connectivity index (χ0) is 19.1. The third kappa shape index (κ3) is 3.09. The number of aromatic nitrogens is 4. The Balaban J connectivity index is 1.22. The summed E-state index contributed by atoms with van der Waals surface area (Å²) in [7, 11) is 0. The first-order chi connectivity index (χ1) is 13.7. The number of carbonyl (C=O) groups is 1. The van der Waals surface area contributed by atoms with Crippen LogP contribution in [0.15, 0.2) is 36.7 Å². The number of imidazole rings is 1. The third-order valence-corrected chi connectivity index (χ3v) is 6.19. The Morgan fingerprint density at radius 3 is 2.96 bits per heavy atom. The molecule has 7 nitrogen and oxygen atoms in total. The Morgan fingerprint density at radius 2 is 2.11 bits per heavy atom. The first-order valence-electron chi connectivity index (χ1n) is 10.2. The van der Waals surface area contributed by atoms with Crippen LogP contribution in [0.5, 0.6) is 0 Å². The summed E-state index contributed by atoms with van der Waals surface area (Å²) in [6.45, 7) is 5.73. The first-order valence-corrected chi connectivity index (χ1v) is 10.2. The van der Waals surface area contributed by atoms with Crippen molar-refractivity contribution in [3.63, 3.8) is 0 Å². The minimum atomic E-state index is 0.0268. The molecule has 0 radical (unpaired) electrons. The van der Waals surface area contributed by atoms with Gasteiger partial charge in [-0.3, -0.25) is 14.8 Å². The quantitative estimate of drug-likeness (QED) is 0.757. The van der Waals surface area contributed by atoms with Gasteiger partial charge in [0.15, 0.2) is 0 Å². The summed E-state index contributed by atoms with van der Waals surface area (Å²) in [6.07, 6.45) is 5.71. The molecule has 0 spiro atoms. The van der Waals surface area contributed by atoms with Gasteiger partial charge < -0.3 is 9.47 Å². The lowest BCUT2D eigenvalue weighted by molar-refractivity contribution is 0.00181. The van der Waals surface area contributed by atoms with Gasteiger partial charge in [-0.05, 0) is 44.5 Å². The van der Waals surface area contributed by atoms with Crippen LogP contribution in [-0.2, 0) is 6.54 Å². The summed E-state index contributed by atoms with van der Waals surface area (Å²) in [5.41, 5.74) is 3.46. The molecule has 2 aromatic heterocycles. The first kappa shape index (κ1) is 17.4. The van der Waals surface area contributed by atoms with Gasteiger partial charge in [0.25, 0.3) is 5.91 Å². The zero-order valence-corrected chi connectivity index (χ0v) is 16.2. The molecule has 1 aromatic carbocycles. The van der Waals surface area contributed by atoms with Gasteiger partial charge in [-0.2, -0.15) is 5.10 Å². The van der Waals surface area contributed by atoms with Gasteiger partial charge in [-0.25, -0.2) is 4.98 Å². The number of carbonyl (C=O) groups excluding carboxylic acids is 1. The van der Waals surface area contributed by atoms with Crippen molar-refractivity contribution in [1.82, 2.24) is 29.5 Å². The van der Waals surface area contributed by atoms with Crippen LogP contribution in [0.25, 0.3) is 11.0 Å². The average Bonchev–Trinajstić information content (AvgIpc) is 3.30. The Morgan fingerprint density at radius 1 is 1.25 bits per heavy atom. The van der Waals surface area contributed by atoms with E-state index in [0.29, 0.717) is 24.3 Å². The second kappa shape index (κ2) is 7.05. The number of hydrogen-bond acceptors (Lipinski definition) is 4. The standard InChI is InChI=1S/C21H26N6O/c1-15-6-4-5-9-27(15)17-12-25(13-17)21(28)19-10-16(23-24-19)11-26-14-22-18-7-2-3-8-20(18)26/h2-3,7-8,10,14-15,17H,4-6,9,11-13H2,1H3,(H,23,24)/t15-/m1/s1. The Kier molecular flexibility index (Phi) is 4.39. The number of H-pyrrole nitrogens is 1. The lowest BCUT2D eigenvalue weighted by Crippen LogP contribution is -2.63. The minimum Gasteiger partial charge on any atom is -0.334 e. The molecular formula is C21H26N6O. The molecule has 1 amide bonds. The van der Waals surface area contributed by atoms with E-state index in [9.17, 15) is 4.79 Å². The van der Waals surface area contributed by atoms with Crippen molar-refractivity contribution in [3.05, 3.63) is 48.0 Å². The zero-order valence-electron chi connectivity index (χ0n) is 16.2. The van der Waals surface area contributed by atoms with Crippen molar-refractivity contribution < 1.29 is 4.79 Å². The molecule has 3 aromatic rings. The molecule has 2 saturated heterocycles. The highest BCUT2D eigenvalue weighted by atomic mass is 16.2. The summed E-state index contributed by atoms with van der Waals surface area (Å²) in [4.78, 5) is 21.7. The number of rotatable bonds is 4. The number of nitrogens with one attached hydrogen (secondary N) is 1. The van der Waals surface area contributed by atoms with Gasteiger partial charge in [0.05, 0.1) is 29.6 Å². The predicted octanol–water partition coefficient (Wildman–Crippen LogP) is 2.51. The fourth-order valence-electron chi connectivity index (χ4n) is 4.53. The Bertz CT molecular complexity index is 986. The Hall–Kier alpha value is -2.67. The van der Waals surface area contributed by atoms with Crippen LogP contribution in [0.3, 0.4) is 0 Å². The highest BCUT2D eigenvalue weighted by molar-refractivity contribution is 5.93. The van der Waals surface area contributed by atoms with Crippen LogP contribution in [0.1, 0.15) is 42.4 Å². The van der Waals surface area contributed by atoms with E-state index in [-0.39, 0.29) is 5.91 Å². The number of fused-ring (bicyclic) bond motifs is 1. The molecular weight excluding hydrogens is 352 g/mol. The molecule has 28 heavy (non-hydrogen) atoms. The van der Waals surface area contributed by atoms with Crippen molar-refractivity contribution in [2.24, 2.45) is 0 Å². The van der Waals surface area contributed by atoms with E-state index in [4.69, 9.17) is 0 Å². The van der Waals surface area contributed by atoms with Crippen LogP contribution < -0.4 is 0 Å². The summed E-state index contributed by atoms with van der Waals surface area (Å²) < 4.78 is 2.06. The van der Waals surface area contributed by atoms with E-state index in [1.165, 1.54) is 25.8 Å². The van der Waals surface area contributed by atoms with E-state index in [1.54, 1.807) is 0 Å². The molecule has 0 aliphatic carbocycles. The third-order valence-electron chi connectivity index (χ3n) is 6.19. The van der Waals surface area contributed by atoms with Crippen LogP contribution in [0.2, 0.25) is 0 Å². The van der Waals surface area contributed by atoms with E-state index < -0.39 is 0 Å². The van der Waals surface area contributed by atoms with Crippen LogP contribution in [-0.4, -0.2) is 67.2 Å². The molecule has 4 heterocycles. The SMILES string of the molecule is C[C@@H]1CCCCN1C1CN(C(=O)c2cc(Cn3cnc4ccccc43)[nH]n2)C1. The number of para-hydroxylation sites is 2. The topological polar surface area (TPSA) is 70.1 Å². The molecule has 2 fully saturated rings. The lowest BCUT2D eigenvalue weighted by atomic mass is 9.97. The van der Waals surface area contributed by atoms with Crippen molar-refractivity contribution in [2.45, 2.75) is 44.8 Å². The number of benzene rings is 1. The predicted molar refractivity (Wildman–Crippen MR) is 107 cm³/mol. The van der Waals surface area contributed by atoms with Crippen molar-refractivity contribution in [3.8, 4) is 0 Å². The molecule has 1 atom stereocenters. The molecule has 2 aliphatic heterocycles. The number of likely N-dealkylation sites (tertiary alicyclic amines) is 2. The van der Waals surface area contributed by atoms with Crippen LogP contribution in [0, 0.1) is 0 Å². The second-order valence-corrected chi connectivity index (χ2v) is 8.09. The van der Waals surface area contributed by atoms with Gasteiger partial charge in [0.2, 0.25) is 0 Å².